The van der Waals surface area contributed by atoms with Crippen LogP contribution in [-0.2, 0) is 0 Å². The minimum Gasteiger partial charge on any atom is -0.399 e. The minimum atomic E-state index is 0.711. The van der Waals surface area contributed by atoms with Gasteiger partial charge in [0.25, 0.3) is 0 Å². The zero-order chi connectivity index (χ0) is 7.44. The molecule has 0 aliphatic rings. The average molecular weight is 123 g/mol. The lowest BCUT2D eigenvalue weighted by Gasteiger charge is -1.96. The Labute approximate surface area is 56.6 Å². The summed E-state index contributed by atoms with van der Waals surface area (Å²) in [5.41, 5.74) is 8.07. The Bertz CT molecular complexity index is 163. The van der Waals surface area contributed by atoms with E-state index < -0.39 is 0 Å². The molecule has 0 amide bonds. The molecule has 9 heavy (non-hydrogen) atoms. The summed E-state index contributed by atoms with van der Waals surface area (Å²) >= 11 is 0. The molecule has 0 atom stereocenters. The summed E-state index contributed by atoms with van der Waals surface area (Å²) in [6.45, 7) is 11.1. The van der Waals surface area contributed by atoms with Gasteiger partial charge in [0, 0.05) is 5.70 Å². The Morgan fingerprint density at radius 1 is 1.33 bits per heavy atom. The number of hydrogen-bond donors (Lipinski definition) is 1. The molecule has 0 aromatic rings. The predicted octanol–water partition coefficient (Wildman–Crippen LogP) is 1.98. The first-order valence-corrected chi connectivity index (χ1v) is 2.82. The van der Waals surface area contributed by atoms with Gasteiger partial charge in [-0.25, -0.2) is 0 Å². The van der Waals surface area contributed by atoms with E-state index >= 15 is 0 Å². The average Bonchev–Trinajstić information content (AvgIpc) is 1.63. The quantitative estimate of drug-likeness (QED) is 0.558. The second-order valence-electron chi connectivity index (χ2n) is 2.23. The zero-order valence-corrected chi connectivity index (χ0v) is 6.07. The van der Waals surface area contributed by atoms with Crippen LogP contribution in [0.15, 0.2) is 36.1 Å². The normalized spacial score (nSPS) is 11.1. The highest BCUT2D eigenvalue weighted by atomic mass is 14.6. The Hall–Kier alpha value is -0.980. The lowest BCUT2D eigenvalue weighted by atomic mass is 10.2. The fourth-order valence-electron chi connectivity index (χ4n) is 0.389. The van der Waals surface area contributed by atoms with Crippen LogP contribution in [0.2, 0.25) is 0 Å². The lowest BCUT2D eigenvalue weighted by Crippen LogP contribution is -1.96. The largest absolute Gasteiger partial charge is 0.399 e. The van der Waals surface area contributed by atoms with E-state index in [-0.39, 0.29) is 0 Å². The molecule has 0 unspecified atom stereocenters. The highest BCUT2D eigenvalue weighted by molar-refractivity contribution is 5.29. The standard InChI is InChI=1S/C8H13N/c1-6(2)5-8(9)7(3)4/h5H,1,3,9H2,2,4H3/b8-5+. The molecule has 50 valence electrons. The molecular formula is C8H13N. The van der Waals surface area contributed by atoms with Crippen molar-refractivity contribution in [3.8, 4) is 0 Å². The topological polar surface area (TPSA) is 26.0 Å². The van der Waals surface area contributed by atoms with Gasteiger partial charge in [-0.2, -0.15) is 0 Å². The molecule has 0 rings (SSSR count). The van der Waals surface area contributed by atoms with Crippen LogP contribution in [0.1, 0.15) is 13.8 Å². The summed E-state index contributed by atoms with van der Waals surface area (Å²) in [7, 11) is 0. The number of nitrogens with two attached hydrogens (primary N) is 1. The SMILES string of the molecule is C=C(C)/C=C(/N)C(=C)C. The molecule has 1 nitrogen and oxygen atoms in total. The summed E-state index contributed by atoms with van der Waals surface area (Å²) < 4.78 is 0. The van der Waals surface area contributed by atoms with Gasteiger partial charge < -0.3 is 5.73 Å². The number of allylic oxidation sites excluding steroid dienone is 3. The van der Waals surface area contributed by atoms with Crippen LogP contribution in [-0.4, -0.2) is 0 Å². The Morgan fingerprint density at radius 3 is 1.89 bits per heavy atom. The molecule has 0 fully saturated rings. The van der Waals surface area contributed by atoms with Crippen molar-refractivity contribution >= 4 is 0 Å². The van der Waals surface area contributed by atoms with Gasteiger partial charge in [-0.3, -0.25) is 0 Å². The fraction of sp³-hybridized carbons (Fsp3) is 0.250. The van der Waals surface area contributed by atoms with Crippen molar-refractivity contribution in [3.05, 3.63) is 36.1 Å². The van der Waals surface area contributed by atoms with Crippen molar-refractivity contribution in [1.82, 2.24) is 0 Å². The summed E-state index contributed by atoms with van der Waals surface area (Å²) in [6.07, 6.45) is 1.81. The smallest absolute Gasteiger partial charge is 0.0340 e. The van der Waals surface area contributed by atoms with Gasteiger partial charge in [0.1, 0.15) is 0 Å². The third-order valence-corrected chi connectivity index (χ3v) is 0.895. The first-order valence-electron chi connectivity index (χ1n) is 2.82. The molecule has 0 aliphatic heterocycles. The molecule has 0 saturated carbocycles. The monoisotopic (exact) mass is 123 g/mol. The van der Waals surface area contributed by atoms with Crippen molar-refractivity contribution in [3.63, 3.8) is 0 Å². The van der Waals surface area contributed by atoms with Gasteiger partial charge in [0.2, 0.25) is 0 Å². The van der Waals surface area contributed by atoms with Crippen molar-refractivity contribution in [1.29, 1.82) is 0 Å². The van der Waals surface area contributed by atoms with E-state index in [0.717, 1.165) is 11.1 Å². The van der Waals surface area contributed by atoms with E-state index in [4.69, 9.17) is 5.73 Å². The summed E-state index contributed by atoms with van der Waals surface area (Å²) in [5, 5.41) is 0. The molecule has 2 N–H and O–H groups in total. The van der Waals surface area contributed by atoms with Crippen LogP contribution in [0, 0.1) is 0 Å². The fourth-order valence-corrected chi connectivity index (χ4v) is 0.389. The van der Waals surface area contributed by atoms with Crippen LogP contribution in [0.5, 0.6) is 0 Å². The summed E-state index contributed by atoms with van der Waals surface area (Å²) in [6, 6.07) is 0. The Morgan fingerprint density at radius 2 is 1.78 bits per heavy atom. The molecule has 0 heterocycles. The van der Waals surface area contributed by atoms with Gasteiger partial charge in [-0.1, -0.05) is 18.7 Å². The van der Waals surface area contributed by atoms with Crippen LogP contribution in [0.4, 0.5) is 0 Å². The van der Waals surface area contributed by atoms with E-state index in [1.807, 2.05) is 19.9 Å². The maximum absolute atomic E-state index is 5.52. The van der Waals surface area contributed by atoms with Gasteiger partial charge in [-0.15, -0.1) is 0 Å². The van der Waals surface area contributed by atoms with Crippen LogP contribution >= 0.6 is 0 Å². The maximum Gasteiger partial charge on any atom is 0.0340 e. The Balaban J connectivity index is 4.17. The van der Waals surface area contributed by atoms with E-state index in [0.29, 0.717) is 5.70 Å². The van der Waals surface area contributed by atoms with E-state index in [1.54, 1.807) is 0 Å². The molecule has 0 aromatic carbocycles. The van der Waals surface area contributed by atoms with Crippen LogP contribution in [0.3, 0.4) is 0 Å². The van der Waals surface area contributed by atoms with Crippen molar-refractivity contribution in [2.24, 2.45) is 5.73 Å². The molecule has 0 saturated heterocycles. The van der Waals surface area contributed by atoms with Gasteiger partial charge >= 0.3 is 0 Å². The van der Waals surface area contributed by atoms with Crippen LogP contribution in [0.25, 0.3) is 0 Å². The molecule has 0 radical (unpaired) electrons. The summed E-state index contributed by atoms with van der Waals surface area (Å²) in [4.78, 5) is 0. The lowest BCUT2D eigenvalue weighted by molar-refractivity contribution is 1.29. The molecule has 0 spiro atoms. The molecule has 1 heteroatoms. The zero-order valence-electron chi connectivity index (χ0n) is 6.07. The highest BCUT2D eigenvalue weighted by Gasteiger charge is 1.87. The molecule has 0 aliphatic carbocycles. The maximum atomic E-state index is 5.52. The Kier molecular flexibility index (Phi) is 2.79. The van der Waals surface area contributed by atoms with Gasteiger partial charge in [-0.05, 0) is 25.5 Å². The van der Waals surface area contributed by atoms with E-state index in [9.17, 15) is 0 Å². The third kappa shape index (κ3) is 3.59. The van der Waals surface area contributed by atoms with Crippen molar-refractivity contribution in [2.75, 3.05) is 0 Å². The van der Waals surface area contributed by atoms with E-state index in [2.05, 4.69) is 13.2 Å². The van der Waals surface area contributed by atoms with Gasteiger partial charge in [0.15, 0.2) is 0 Å². The molecule has 0 bridgehead atoms. The first kappa shape index (κ1) is 8.02. The number of hydrogen-bond acceptors (Lipinski definition) is 1. The van der Waals surface area contributed by atoms with Gasteiger partial charge in [0.05, 0.1) is 0 Å². The third-order valence-electron chi connectivity index (χ3n) is 0.895. The second kappa shape index (κ2) is 3.13. The van der Waals surface area contributed by atoms with Crippen LogP contribution < -0.4 is 5.73 Å². The van der Waals surface area contributed by atoms with Crippen molar-refractivity contribution in [2.45, 2.75) is 13.8 Å². The molecule has 0 aromatic heterocycles. The number of rotatable bonds is 2. The minimum absolute atomic E-state index is 0.711. The predicted molar refractivity (Wildman–Crippen MR) is 41.9 cm³/mol. The first-order chi connectivity index (χ1) is 4.04. The summed E-state index contributed by atoms with van der Waals surface area (Å²) in [5.74, 6) is 0. The molecular weight excluding hydrogens is 110 g/mol. The highest BCUT2D eigenvalue weighted by Crippen LogP contribution is 2.01. The van der Waals surface area contributed by atoms with Crippen molar-refractivity contribution < 1.29 is 0 Å². The second-order valence-corrected chi connectivity index (χ2v) is 2.23. The van der Waals surface area contributed by atoms with E-state index in [1.165, 1.54) is 0 Å².